The van der Waals surface area contributed by atoms with Gasteiger partial charge in [-0.15, -0.1) is 13.2 Å². The Balaban J connectivity index is 2.10. The van der Waals surface area contributed by atoms with Crippen LogP contribution in [-0.2, 0) is 4.79 Å². The molecule has 0 saturated carbocycles. The first kappa shape index (κ1) is 23.8. The molecule has 2 aromatic rings. The van der Waals surface area contributed by atoms with Crippen molar-refractivity contribution in [2.75, 3.05) is 0 Å². The first-order valence-corrected chi connectivity index (χ1v) is 9.41. The van der Waals surface area contributed by atoms with Crippen LogP contribution in [0.5, 0.6) is 5.75 Å². The van der Waals surface area contributed by atoms with Crippen molar-refractivity contribution in [2.45, 2.75) is 45.6 Å². The number of hydrogen-bond donors (Lipinski definition) is 2. The molecule has 1 unspecified atom stereocenters. The number of rotatable bonds is 8. The van der Waals surface area contributed by atoms with E-state index in [4.69, 9.17) is 4.42 Å². The fraction of sp³-hybridized carbons (Fsp3) is 0.381. The van der Waals surface area contributed by atoms with E-state index in [0.29, 0.717) is 5.76 Å². The second kappa shape index (κ2) is 10.0. The van der Waals surface area contributed by atoms with Gasteiger partial charge in [-0.1, -0.05) is 13.8 Å². The number of carbonyl (C=O) groups excluding carboxylic acids is 2. The smallest absolute Gasteiger partial charge is 0.463 e. The molecule has 0 spiro atoms. The molecule has 1 heterocycles. The zero-order chi connectivity index (χ0) is 23.2. The van der Waals surface area contributed by atoms with Crippen LogP contribution in [0.25, 0.3) is 0 Å². The van der Waals surface area contributed by atoms with E-state index in [-0.39, 0.29) is 23.7 Å². The Morgan fingerprint density at radius 1 is 1.13 bits per heavy atom. The molecule has 2 atom stereocenters. The highest BCUT2D eigenvalue weighted by Gasteiger charge is 2.31. The average Bonchev–Trinajstić information content (AvgIpc) is 3.10. The Hall–Kier alpha value is -3.48. The van der Waals surface area contributed by atoms with E-state index < -0.39 is 36.0 Å². The van der Waals surface area contributed by atoms with E-state index in [1.807, 2.05) is 19.9 Å². The van der Waals surface area contributed by atoms with Gasteiger partial charge in [0.2, 0.25) is 5.91 Å². The molecule has 10 heteroatoms. The molecule has 0 bridgehead atoms. The van der Waals surface area contributed by atoms with E-state index in [0.717, 1.165) is 24.3 Å². The van der Waals surface area contributed by atoms with Gasteiger partial charge in [0.1, 0.15) is 23.3 Å². The van der Waals surface area contributed by atoms with Gasteiger partial charge < -0.3 is 19.8 Å². The maximum absolute atomic E-state index is 12.7. The highest BCUT2D eigenvalue weighted by atomic mass is 19.4. The van der Waals surface area contributed by atoms with Crippen LogP contribution in [0.2, 0.25) is 0 Å². The van der Waals surface area contributed by atoms with Gasteiger partial charge in [0, 0.05) is 5.56 Å². The lowest BCUT2D eigenvalue weighted by molar-refractivity contribution is -0.274. The van der Waals surface area contributed by atoms with Crippen LogP contribution >= 0.6 is 0 Å². The zero-order valence-electron chi connectivity index (χ0n) is 17.1. The molecular weight excluding hydrogens is 415 g/mol. The van der Waals surface area contributed by atoms with Gasteiger partial charge in [0.05, 0.1) is 6.07 Å². The highest BCUT2D eigenvalue weighted by molar-refractivity contribution is 5.97. The molecular formula is C21H22F3N3O4. The third kappa shape index (κ3) is 7.37. The van der Waals surface area contributed by atoms with Gasteiger partial charge in [-0.25, -0.2) is 0 Å². The Labute approximate surface area is 177 Å². The van der Waals surface area contributed by atoms with Crippen molar-refractivity contribution in [1.82, 2.24) is 10.6 Å². The molecule has 0 radical (unpaired) electrons. The monoisotopic (exact) mass is 437 g/mol. The first-order valence-electron chi connectivity index (χ1n) is 9.41. The van der Waals surface area contributed by atoms with Crippen molar-refractivity contribution in [3.05, 3.63) is 53.5 Å². The molecule has 0 aliphatic rings. The van der Waals surface area contributed by atoms with Crippen LogP contribution in [0.1, 0.15) is 48.2 Å². The SMILES string of the molecule is Cc1ccc(C(C#N)NC(=O)[C@H](CC(C)C)NC(=O)c2ccc(OC(F)(F)F)cc2)o1. The quantitative estimate of drug-likeness (QED) is 0.649. The van der Waals surface area contributed by atoms with Crippen LogP contribution in [0.3, 0.4) is 0 Å². The van der Waals surface area contributed by atoms with E-state index in [1.165, 1.54) is 0 Å². The molecule has 7 nitrogen and oxygen atoms in total. The number of benzene rings is 1. The summed E-state index contributed by atoms with van der Waals surface area (Å²) in [7, 11) is 0. The van der Waals surface area contributed by atoms with Crippen molar-refractivity contribution in [2.24, 2.45) is 5.92 Å². The van der Waals surface area contributed by atoms with E-state index in [1.54, 1.807) is 19.1 Å². The normalized spacial score (nSPS) is 13.2. The molecule has 0 saturated heterocycles. The first-order chi connectivity index (χ1) is 14.5. The number of alkyl halides is 3. The number of nitrogens with one attached hydrogen (secondary N) is 2. The van der Waals surface area contributed by atoms with Gasteiger partial charge in [-0.3, -0.25) is 9.59 Å². The summed E-state index contributed by atoms with van der Waals surface area (Å²) in [5, 5.41) is 14.5. The van der Waals surface area contributed by atoms with Crippen LogP contribution in [-0.4, -0.2) is 24.2 Å². The molecule has 1 aromatic heterocycles. The second-order valence-corrected chi connectivity index (χ2v) is 7.25. The number of aryl methyl sites for hydroxylation is 1. The fourth-order valence-corrected chi connectivity index (χ4v) is 2.77. The topological polar surface area (TPSA) is 104 Å². The predicted octanol–water partition coefficient (Wildman–Crippen LogP) is 4.01. The number of nitriles is 1. The number of halogens is 3. The third-order valence-electron chi connectivity index (χ3n) is 4.14. The second-order valence-electron chi connectivity index (χ2n) is 7.25. The van der Waals surface area contributed by atoms with Crippen molar-refractivity contribution in [1.29, 1.82) is 5.26 Å². The lowest BCUT2D eigenvalue weighted by atomic mass is 10.0. The van der Waals surface area contributed by atoms with Crippen LogP contribution in [0, 0.1) is 24.2 Å². The Morgan fingerprint density at radius 2 is 1.77 bits per heavy atom. The van der Waals surface area contributed by atoms with E-state index in [2.05, 4.69) is 15.4 Å². The maximum atomic E-state index is 12.7. The van der Waals surface area contributed by atoms with Crippen molar-refractivity contribution >= 4 is 11.8 Å². The van der Waals surface area contributed by atoms with Crippen molar-refractivity contribution in [3.8, 4) is 11.8 Å². The van der Waals surface area contributed by atoms with Gasteiger partial charge in [0.15, 0.2) is 6.04 Å². The molecule has 0 fully saturated rings. The molecule has 1 aromatic carbocycles. The molecule has 0 aliphatic carbocycles. The number of ether oxygens (including phenoxy) is 1. The minimum atomic E-state index is -4.84. The molecule has 0 aliphatic heterocycles. The van der Waals surface area contributed by atoms with E-state index >= 15 is 0 Å². The number of nitrogens with zero attached hydrogens (tertiary/aromatic N) is 1. The summed E-state index contributed by atoms with van der Waals surface area (Å²) in [5.41, 5.74) is 0.0505. The molecule has 31 heavy (non-hydrogen) atoms. The number of furan rings is 1. The van der Waals surface area contributed by atoms with Gasteiger partial charge in [-0.2, -0.15) is 5.26 Å². The summed E-state index contributed by atoms with van der Waals surface area (Å²) < 4.78 is 45.9. The minimum absolute atomic E-state index is 0.0324. The lowest BCUT2D eigenvalue weighted by Crippen LogP contribution is -2.48. The molecule has 2 rings (SSSR count). The number of hydrogen-bond acceptors (Lipinski definition) is 5. The predicted molar refractivity (Wildman–Crippen MR) is 104 cm³/mol. The number of amides is 2. The fourth-order valence-electron chi connectivity index (χ4n) is 2.77. The van der Waals surface area contributed by atoms with Gasteiger partial charge in [0.25, 0.3) is 5.91 Å². The third-order valence-corrected chi connectivity index (χ3v) is 4.14. The Bertz CT molecular complexity index is 946. The van der Waals surface area contributed by atoms with Crippen LogP contribution in [0.15, 0.2) is 40.8 Å². The summed E-state index contributed by atoms with van der Waals surface area (Å²) in [6.45, 7) is 5.41. The summed E-state index contributed by atoms with van der Waals surface area (Å²) in [4.78, 5) is 25.3. The lowest BCUT2D eigenvalue weighted by Gasteiger charge is -2.21. The van der Waals surface area contributed by atoms with Crippen molar-refractivity contribution < 1.29 is 31.9 Å². The summed E-state index contributed by atoms with van der Waals surface area (Å²) in [5.74, 6) is -0.824. The standard InChI is InChI=1S/C21H22F3N3O4/c1-12(2)10-16(20(29)27-17(11-25)18-9-4-13(3)30-18)26-19(28)14-5-7-15(8-6-14)31-21(22,23)24/h4-9,12,16-17H,10H2,1-3H3,(H,26,28)(H,27,29)/t16-,17?/m0/s1. The molecule has 2 N–H and O–H groups in total. The number of carbonyl (C=O) groups is 2. The molecule has 2 amide bonds. The zero-order valence-corrected chi connectivity index (χ0v) is 17.1. The van der Waals surface area contributed by atoms with Gasteiger partial charge >= 0.3 is 6.36 Å². The van der Waals surface area contributed by atoms with Gasteiger partial charge in [-0.05, 0) is 55.7 Å². The Morgan fingerprint density at radius 3 is 2.26 bits per heavy atom. The average molecular weight is 437 g/mol. The minimum Gasteiger partial charge on any atom is -0.463 e. The highest BCUT2D eigenvalue weighted by Crippen LogP contribution is 2.23. The van der Waals surface area contributed by atoms with Crippen LogP contribution in [0.4, 0.5) is 13.2 Å². The van der Waals surface area contributed by atoms with Crippen molar-refractivity contribution in [3.63, 3.8) is 0 Å². The largest absolute Gasteiger partial charge is 0.573 e. The van der Waals surface area contributed by atoms with Crippen LogP contribution < -0.4 is 15.4 Å². The summed E-state index contributed by atoms with van der Waals surface area (Å²) in [6.07, 6.45) is -4.56. The summed E-state index contributed by atoms with van der Waals surface area (Å²) >= 11 is 0. The molecule has 166 valence electrons. The summed E-state index contributed by atoms with van der Waals surface area (Å²) in [6, 6.07) is 7.49. The maximum Gasteiger partial charge on any atom is 0.573 e. The van der Waals surface area contributed by atoms with E-state index in [9.17, 15) is 28.0 Å². The Kier molecular flexibility index (Phi) is 7.69.